The van der Waals surface area contributed by atoms with E-state index in [4.69, 9.17) is 0 Å². The van der Waals surface area contributed by atoms with Gasteiger partial charge >= 0.3 is 0 Å². The Balaban J connectivity index is 2.91. The second-order valence-corrected chi connectivity index (χ2v) is 4.53. The smallest absolute Gasteiger partial charge is 0.249 e. The number of nitrogens with zero attached hydrogens (tertiary/aromatic N) is 1. The Morgan fingerprint density at radius 1 is 1.29 bits per heavy atom. The lowest BCUT2D eigenvalue weighted by Crippen LogP contribution is -2.37. The predicted octanol–water partition coefficient (Wildman–Crippen LogP) is 2.74. The number of allylic oxidation sites excluding steroid dienone is 1. The zero-order valence-corrected chi connectivity index (χ0v) is 9.76. The molecule has 0 saturated carbocycles. The van der Waals surface area contributed by atoms with Crippen molar-refractivity contribution in [3.05, 3.63) is 11.1 Å². The van der Waals surface area contributed by atoms with Crippen LogP contribution in [0.2, 0.25) is 0 Å². The van der Waals surface area contributed by atoms with E-state index in [2.05, 4.69) is 13.8 Å². The Morgan fingerprint density at radius 2 is 1.93 bits per heavy atom. The SMILES string of the molecule is CC(C)=C1CCCCN(C(C)C)C1=O. The van der Waals surface area contributed by atoms with Crippen LogP contribution in [-0.4, -0.2) is 23.4 Å². The fraction of sp³-hybridized carbons (Fsp3) is 0.750. The molecule has 0 unspecified atom stereocenters. The molecule has 0 aliphatic carbocycles. The van der Waals surface area contributed by atoms with Gasteiger partial charge in [0.05, 0.1) is 0 Å². The molecule has 1 heterocycles. The Hall–Kier alpha value is -0.790. The highest BCUT2D eigenvalue weighted by Gasteiger charge is 2.23. The number of rotatable bonds is 1. The molecule has 0 aromatic carbocycles. The van der Waals surface area contributed by atoms with E-state index in [9.17, 15) is 4.79 Å². The summed E-state index contributed by atoms with van der Waals surface area (Å²) in [5, 5.41) is 0. The molecule has 1 fully saturated rings. The van der Waals surface area contributed by atoms with Crippen LogP contribution in [0.25, 0.3) is 0 Å². The molecule has 0 bridgehead atoms. The summed E-state index contributed by atoms with van der Waals surface area (Å²) in [5.41, 5.74) is 2.22. The highest BCUT2D eigenvalue weighted by molar-refractivity contribution is 5.94. The maximum absolute atomic E-state index is 12.1. The van der Waals surface area contributed by atoms with Crippen molar-refractivity contribution in [2.75, 3.05) is 6.54 Å². The van der Waals surface area contributed by atoms with Gasteiger partial charge in [0.1, 0.15) is 0 Å². The fourth-order valence-corrected chi connectivity index (χ4v) is 1.92. The predicted molar refractivity (Wildman–Crippen MR) is 59.1 cm³/mol. The van der Waals surface area contributed by atoms with Crippen LogP contribution in [0.1, 0.15) is 47.0 Å². The summed E-state index contributed by atoms with van der Waals surface area (Å²) in [6.45, 7) is 9.18. The number of likely N-dealkylation sites (tertiary alicyclic amines) is 1. The van der Waals surface area contributed by atoms with E-state index in [1.165, 1.54) is 5.57 Å². The van der Waals surface area contributed by atoms with Crippen LogP contribution in [-0.2, 0) is 4.79 Å². The third-order valence-electron chi connectivity index (χ3n) is 2.82. The van der Waals surface area contributed by atoms with Crippen molar-refractivity contribution in [2.24, 2.45) is 0 Å². The molecule has 14 heavy (non-hydrogen) atoms. The van der Waals surface area contributed by atoms with Crippen molar-refractivity contribution < 1.29 is 4.79 Å². The van der Waals surface area contributed by atoms with E-state index in [0.717, 1.165) is 31.4 Å². The zero-order chi connectivity index (χ0) is 10.7. The highest BCUT2D eigenvalue weighted by atomic mass is 16.2. The number of carbonyl (C=O) groups is 1. The molecule has 1 saturated heterocycles. The molecular weight excluding hydrogens is 174 g/mol. The lowest BCUT2D eigenvalue weighted by Gasteiger charge is -2.25. The molecule has 1 amide bonds. The van der Waals surface area contributed by atoms with Gasteiger partial charge in [-0.2, -0.15) is 0 Å². The van der Waals surface area contributed by atoms with Crippen molar-refractivity contribution in [3.63, 3.8) is 0 Å². The second-order valence-electron chi connectivity index (χ2n) is 4.53. The molecule has 80 valence electrons. The summed E-state index contributed by atoms with van der Waals surface area (Å²) in [7, 11) is 0. The van der Waals surface area contributed by atoms with Gasteiger partial charge in [0.15, 0.2) is 0 Å². The molecule has 0 spiro atoms. The first-order valence-corrected chi connectivity index (χ1v) is 5.51. The lowest BCUT2D eigenvalue weighted by atomic mass is 10.0. The first-order chi connectivity index (χ1) is 6.54. The van der Waals surface area contributed by atoms with Crippen molar-refractivity contribution in [3.8, 4) is 0 Å². The van der Waals surface area contributed by atoms with Crippen molar-refractivity contribution in [1.82, 2.24) is 4.90 Å². The Kier molecular flexibility index (Phi) is 3.73. The van der Waals surface area contributed by atoms with Crippen LogP contribution in [0.5, 0.6) is 0 Å². The van der Waals surface area contributed by atoms with Gasteiger partial charge in [0.2, 0.25) is 5.91 Å². The van der Waals surface area contributed by atoms with E-state index in [1.807, 2.05) is 18.7 Å². The average molecular weight is 195 g/mol. The molecule has 1 rings (SSSR count). The Morgan fingerprint density at radius 3 is 2.43 bits per heavy atom. The van der Waals surface area contributed by atoms with Gasteiger partial charge in [-0.1, -0.05) is 5.57 Å². The van der Waals surface area contributed by atoms with Crippen LogP contribution in [0.3, 0.4) is 0 Å². The first-order valence-electron chi connectivity index (χ1n) is 5.51. The first kappa shape index (κ1) is 11.3. The van der Waals surface area contributed by atoms with E-state index in [-0.39, 0.29) is 5.91 Å². The number of carbonyl (C=O) groups excluding carboxylic acids is 1. The van der Waals surface area contributed by atoms with Crippen molar-refractivity contribution >= 4 is 5.91 Å². The van der Waals surface area contributed by atoms with Crippen LogP contribution in [0.4, 0.5) is 0 Å². The Labute approximate surface area is 87.0 Å². The third-order valence-corrected chi connectivity index (χ3v) is 2.82. The van der Waals surface area contributed by atoms with E-state index >= 15 is 0 Å². The van der Waals surface area contributed by atoms with Gasteiger partial charge in [0.25, 0.3) is 0 Å². The number of hydrogen-bond acceptors (Lipinski definition) is 1. The molecule has 1 aliphatic heterocycles. The average Bonchev–Trinajstić information content (AvgIpc) is 2.26. The monoisotopic (exact) mass is 195 g/mol. The van der Waals surface area contributed by atoms with Gasteiger partial charge in [-0.25, -0.2) is 0 Å². The summed E-state index contributed by atoms with van der Waals surface area (Å²) in [5.74, 6) is 0.262. The van der Waals surface area contributed by atoms with E-state index in [1.54, 1.807) is 0 Å². The summed E-state index contributed by atoms with van der Waals surface area (Å²) in [6.07, 6.45) is 3.25. The lowest BCUT2D eigenvalue weighted by molar-refractivity contribution is -0.128. The molecule has 0 aromatic rings. The topological polar surface area (TPSA) is 20.3 Å². The van der Waals surface area contributed by atoms with Gasteiger partial charge < -0.3 is 4.90 Å². The summed E-state index contributed by atoms with van der Waals surface area (Å²) in [6, 6.07) is 0.329. The number of hydrogen-bond donors (Lipinski definition) is 0. The molecule has 2 heteroatoms. The summed E-state index contributed by atoms with van der Waals surface area (Å²) >= 11 is 0. The molecule has 0 N–H and O–H groups in total. The molecule has 2 nitrogen and oxygen atoms in total. The van der Waals surface area contributed by atoms with Crippen LogP contribution >= 0.6 is 0 Å². The van der Waals surface area contributed by atoms with Crippen molar-refractivity contribution in [1.29, 1.82) is 0 Å². The summed E-state index contributed by atoms with van der Waals surface area (Å²) < 4.78 is 0. The molecule has 1 aliphatic rings. The minimum absolute atomic E-state index is 0.262. The van der Waals surface area contributed by atoms with Crippen LogP contribution in [0, 0.1) is 0 Å². The van der Waals surface area contributed by atoms with Crippen molar-refractivity contribution in [2.45, 2.75) is 53.0 Å². The molecular formula is C12H21NO. The second kappa shape index (κ2) is 4.63. The van der Waals surface area contributed by atoms with Crippen LogP contribution < -0.4 is 0 Å². The van der Waals surface area contributed by atoms with Gasteiger partial charge in [-0.05, 0) is 47.0 Å². The van der Waals surface area contributed by atoms with Gasteiger partial charge in [-0.3, -0.25) is 4.79 Å². The minimum atomic E-state index is 0.262. The maximum atomic E-state index is 12.1. The maximum Gasteiger partial charge on any atom is 0.249 e. The molecule has 0 atom stereocenters. The minimum Gasteiger partial charge on any atom is -0.337 e. The zero-order valence-electron chi connectivity index (χ0n) is 9.76. The highest BCUT2D eigenvalue weighted by Crippen LogP contribution is 2.21. The quantitative estimate of drug-likeness (QED) is 0.589. The molecule has 0 radical (unpaired) electrons. The summed E-state index contributed by atoms with van der Waals surface area (Å²) in [4.78, 5) is 14.1. The standard InChI is InChI=1S/C12H21NO/c1-9(2)11-7-5-6-8-13(10(3)4)12(11)14/h10H,5-8H2,1-4H3. The fourth-order valence-electron chi connectivity index (χ4n) is 1.92. The van der Waals surface area contributed by atoms with E-state index in [0.29, 0.717) is 6.04 Å². The van der Waals surface area contributed by atoms with Gasteiger partial charge in [0, 0.05) is 18.2 Å². The third kappa shape index (κ3) is 2.37. The normalized spacial score (nSPS) is 18.8. The van der Waals surface area contributed by atoms with Crippen LogP contribution in [0.15, 0.2) is 11.1 Å². The molecule has 0 aromatic heterocycles. The van der Waals surface area contributed by atoms with Gasteiger partial charge in [-0.15, -0.1) is 0 Å². The van der Waals surface area contributed by atoms with E-state index < -0.39 is 0 Å². The Bertz CT molecular complexity index is 249. The largest absolute Gasteiger partial charge is 0.337 e. The number of amides is 1.